The highest BCUT2D eigenvalue weighted by molar-refractivity contribution is 7.99. The summed E-state index contributed by atoms with van der Waals surface area (Å²) in [7, 11) is 0. The molecule has 2 nitrogen and oxygen atoms in total. The third kappa shape index (κ3) is 2.66. The van der Waals surface area contributed by atoms with Crippen LogP contribution in [0.3, 0.4) is 0 Å². The van der Waals surface area contributed by atoms with Gasteiger partial charge in [0.15, 0.2) is 0 Å². The molecular formula is C16H21NOS. The van der Waals surface area contributed by atoms with Gasteiger partial charge in [0.2, 0.25) is 5.91 Å². The van der Waals surface area contributed by atoms with E-state index in [4.69, 9.17) is 0 Å². The van der Waals surface area contributed by atoms with E-state index in [2.05, 4.69) is 31.3 Å². The lowest BCUT2D eigenvalue weighted by Crippen LogP contribution is -2.37. The Morgan fingerprint density at radius 1 is 1.37 bits per heavy atom. The van der Waals surface area contributed by atoms with Gasteiger partial charge in [-0.2, -0.15) is 0 Å². The molecule has 102 valence electrons. The summed E-state index contributed by atoms with van der Waals surface area (Å²) < 4.78 is 0. The molecule has 1 aliphatic carbocycles. The van der Waals surface area contributed by atoms with Crippen LogP contribution in [0, 0.1) is 5.41 Å². The molecule has 0 aromatic heterocycles. The fourth-order valence-corrected chi connectivity index (χ4v) is 4.47. The van der Waals surface area contributed by atoms with Crippen LogP contribution in [-0.2, 0) is 4.79 Å². The second kappa shape index (κ2) is 4.86. The maximum absolute atomic E-state index is 12.5. The van der Waals surface area contributed by atoms with Crippen LogP contribution in [0.25, 0.3) is 0 Å². The van der Waals surface area contributed by atoms with Gasteiger partial charge in [0.05, 0.1) is 5.92 Å². The molecule has 2 unspecified atom stereocenters. The van der Waals surface area contributed by atoms with Crippen LogP contribution in [0.5, 0.6) is 0 Å². The van der Waals surface area contributed by atoms with Crippen LogP contribution in [0.15, 0.2) is 29.2 Å². The van der Waals surface area contributed by atoms with Gasteiger partial charge in [-0.15, -0.1) is 11.8 Å². The van der Waals surface area contributed by atoms with Crippen molar-refractivity contribution in [2.75, 3.05) is 5.75 Å². The van der Waals surface area contributed by atoms with E-state index in [-0.39, 0.29) is 11.8 Å². The Morgan fingerprint density at radius 3 is 2.89 bits per heavy atom. The van der Waals surface area contributed by atoms with Gasteiger partial charge in [0.1, 0.15) is 0 Å². The molecule has 2 aliphatic rings. The van der Waals surface area contributed by atoms with Crippen molar-refractivity contribution in [2.45, 2.75) is 50.0 Å². The van der Waals surface area contributed by atoms with Gasteiger partial charge in [-0.05, 0) is 36.3 Å². The van der Waals surface area contributed by atoms with Gasteiger partial charge >= 0.3 is 0 Å². The number of hydrogen-bond acceptors (Lipinski definition) is 2. The third-order valence-corrected chi connectivity index (χ3v) is 5.51. The maximum atomic E-state index is 12.5. The first-order valence-electron chi connectivity index (χ1n) is 7.07. The van der Waals surface area contributed by atoms with Crippen molar-refractivity contribution in [1.29, 1.82) is 0 Å². The normalized spacial score (nSPS) is 28.1. The van der Waals surface area contributed by atoms with Crippen LogP contribution in [-0.4, -0.2) is 17.7 Å². The van der Waals surface area contributed by atoms with E-state index in [0.29, 0.717) is 11.5 Å². The first-order chi connectivity index (χ1) is 9.05. The van der Waals surface area contributed by atoms with E-state index >= 15 is 0 Å². The highest BCUT2D eigenvalue weighted by Crippen LogP contribution is 2.40. The molecule has 0 bridgehead atoms. The molecule has 0 radical (unpaired) electrons. The Hall–Kier alpha value is -0.960. The molecule has 0 saturated heterocycles. The topological polar surface area (TPSA) is 29.1 Å². The zero-order chi connectivity index (χ0) is 13.5. The average molecular weight is 275 g/mol. The number of rotatable bonds is 2. The standard InChI is InChI=1S/C16H21NOS/c1-16(2)8-7-11(9-16)17-15(18)13-10-19-14-6-4-3-5-12(13)14/h3-6,11,13H,7-10H2,1-2H3,(H,17,18). The third-order valence-electron chi connectivity index (χ3n) is 4.33. The van der Waals surface area contributed by atoms with Crippen molar-refractivity contribution >= 4 is 17.7 Å². The minimum atomic E-state index is 0.0462. The summed E-state index contributed by atoms with van der Waals surface area (Å²) in [6.07, 6.45) is 3.45. The van der Waals surface area contributed by atoms with Crippen LogP contribution in [0.2, 0.25) is 0 Å². The number of hydrogen-bond donors (Lipinski definition) is 1. The van der Waals surface area contributed by atoms with Crippen molar-refractivity contribution < 1.29 is 4.79 Å². The highest BCUT2D eigenvalue weighted by Gasteiger charge is 2.35. The molecule has 1 aromatic rings. The Morgan fingerprint density at radius 2 is 2.16 bits per heavy atom. The van der Waals surface area contributed by atoms with E-state index < -0.39 is 0 Å². The second-order valence-electron chi connectivity index (χ2n) is 6.51. The lowest BCUT2D eigenvalue weighted by Gasteiger charge is -2.19. The molecular weight excluding hydrogens is 254 g/mol. The summed E-state index contributed by atoms with van der Waals surface area (Å²) in [5.74, 6) is 1.16. The number of thioether (sulfide) groups is 1. The fourth-order valence-electron chi connectivity index (χ4n) is 3.24. The first-order valence-corrected chi connectivity index (χ1v) is 8.06. The van der Waals surface area contributed by atoms with Gasteiger partial charge in [-0.25, -0.2) is 0 Å². The molecule has 1 amide bonds. The van der Waals surface area contributed by atoms with Crippen molar-refractivity contribution in [3.63, 3.8) is 0 Å². The van der Waals surface area contributed by atoms with E-state index in [1.807, 2.05) is 12.1 Å². The summed E-state index contributed by atoms with van der Waals surface area (Å²) >= 11 is 1.80. The number of carbonyl (C=O) groups excluding carboxylic acids is 1. The first kappa shape index (κ1) is 13.0. The van der Waals surface area contributed by atoms with Crippen LogP contribution >= 0.6 is 11.8 Å². The smallest absolute Gasteiger partial charge is 0.228 e. The van der Waals surface area contributed by atoms with Gasteiger partial charge < -0.3 is 5.32 Å². The van der Waals surface area contributed by atoms with Crippen molar-refractivity contribution in [1.82, 2.24) is 5.32 Å². The van der Waals surface area contributed by atoms with E-state index in [9.17, 15) is 4.79 Å². The molecule has 3 rings (SSSR count). The summed E-state index contributed by atoms with van der Waals surface area (Å²) in [4.78, 5) is 13.7. The van der Waals surface area contributed by atoms with Crippen molar-refractivity contribution in [2.24, 2.45) is 5.41 Å². The summed E-state index contributed by atoms with van der Waals surface area (Å²) in [5, 5.41) is 3.27. The number of amides is 1. The molecule has 1 aliphatic heterocycles. The van der Waals surface area contributed by atoms with Crippen LogP contribution in [0.4, 0.5) is 0 Å². The molecule has 1 saturated carbocycles. The molecule has 0 spiro atoms. The summed E-state index contributed by atoms with van der Waals surface area (Å²) in [6.45, 7) is 4.58. The number of nitrogens with one attached hydrogen (secondary N) is 1. The fraction of sp³-hybridized carbons (Fsp3) is 0.562. The van der Waals surface area contributed by atoms with Crippen molar-refractivity contribution in [3.8, 4) is 0 Å². The van der Waals surface area contributed by atoms with Gasteiger partial charge in [-0.1, -0.05) is 32.0 Å². The molecule has 2 atom stereocenters. The zero-order valence-electron chi connectivity index (χ0n) is 11.6. The molecule has 3 heteroatoms. The predicted molar refractivity (Wildman–Crippen MR) is 79.5 cm³/mol. The van der Waals surface area contributed by atoms with Crippen LogP contribution < -0.4 is 5.32 Å². The Balaban J connectivity index is 1.66. The summed E-state index contributed by atoms with van der Waals surface area (Å²) in [6, 6.07) is 8.67. The maximum Gasteiger partial charge on any atom is 0.228 e. The molecule has 1 fully saturated rings. The predicted octanol–water partition coefficient (Wildman–Crippen LogP) is 3.57. The number of carbonyl (C=O) groups is 1. The Labute approximate surface area is 119 Å². The zero-order valence-corrected chi connectivity index (χ0v) is 12.4. The Kier molecular flexibility index (Phi) is 3.34. The second-order valence-corrected chi connectivity index (χ2v) is 7.58. The number of benzene rings is 1. The van der Waals surface area contributed by atoms with E-state index in [1.54, 1.807) is 11.8 Å². The highest BCUT2D eigenvalue weighted by atomic mass is 32.2. The van der Waals surface area contributed by atoms with Crippen molar-refractivity contribution in [3.05, 3.63) is 29.8 Å². The van der Waals surface area contributed by atoms with E-state index in [1.165, 1.54) is 16.9 Å². The minimum absolute atomic E-state index is 0.0462. The number of fused-ring (bicyclic) bond motifs is 1. The SMILES string of the molecule is CC1(C)CCC(NC(=O)C2CSc3ccccc32)C1. The monoisotopic (exact) mass is 275 g/mol. The Bertz CT molecular complexity index is 497. The minimum Gasteiger partial charge on any atom is -0.353 e. The lowest BCUT2D eigenvalue weighted by atomic mass is 9.91. The largest absolute Gasteiger partial charge is 0.353 e. The van der Waals surface area contributed by atoms with E-state index in [0.717, 1.165) is 18.6 Å². The van der Waals surface area contributed by atoms with Gasteiger partial charge in [0.25, 0.3) is 0 Å². The molecule has 19 heavy (non-hydrogen) atoms. The molecule has 1 aromatic carbocycles. The summed E-state index contributed by atoms with van der Waals surface area (Å²) in [5.41, 5.74) is 1.60. The molecule has 1 N–H and O–H groups in total. The van der Waals surface area contributed by atoms with Gasteiger partial charge in [0, 0.05) is 16.7 Å². The molecule has 1 heterocycles. The average Bonchev–Trinajstić information content (AvgIpc) is 2.92. The van der Waals surface area contributed by atoms with Crippen LogP contribution in [0.1, 0.15) is 44.6 Å². The lowest BCUT2D eigenvalue weighted by molar-refractivity contribution is -0.122. The van der Waals surface area contributed by atoms with Gasteiger partial charge in [-0.3, -0.25) is 4.79 Å². The quantitative estimate of drug-likeness (QED) is 0.894.